The van der Waals surface area contributed by atoms with Crippen LogP contribution in [0.2, 0.25) is 0 Å². The summed E-state index contributed by atoms with van der Waals surface area (Å²) in [5.41, 5.74) is 1.21. The fraction of sp³-hybridized carbons (Fsp3) is 0.538. The van der Waals surface area contributed by atoms with Gasteiger partial charge in [0.05, 0.1) is 5.56 Å². The highest BCUT2D eigenvalue weighted by Crippen LogP contribution is 2.33. The van der Waals surface area contributed by atoms with Crippen LogP contribution in [0.4, 0.5) is 13.2 Å². The van der Waals surface area contributed by atoms with Gasteiger partial charge in [-0.25, -0.2) is 0 Å². The highest BCUT2D eigenvalue weighted by Gasteiger charge is 2.31. The Morgan fingerprint density at radius 3 is 2.38 bits per heavy atom. The van der Waals surface area contributed by atoms with E-state index in [1.54, 1.807) is 6.07 Å². The zero-order valence-corrected chi connectivity index (χ0v) is 9.86. The summed E-state index contributed by atoms with van der Waals surface area (Å²) in [5.74, 6) is 0.187. The first kappa shape index (κ1) is 13.1. The molecule has 90 valence electrons. The summed E-state index contributed by atoms with van der Waals surface area (Å²) in [4.78, 5) is 0. The van der Waals surface area contributed by atoms with E-state index in [4.69, 9.17) is 0 Å². The first-order chi connectivity index (χ1) is 7.36. The molecule has 1 aromatic rings. The quantitative estimate of drug-likeness (QED) is 0.691. The van der Waals surface area contributed by atoms with Crippen LogP contribution in [0.1, 0.15) is 49.3 Å². The third-order valence-electron chi connectivity index (χ3n) is 2.86. The van der Waals surface area contributed by atoms with Crippen molar-refractivity contribution in [2.24, 2.45) is 0 Å². The number of aryl methyl sites for hydroxylation is 1. The van der Waals surface area contributed by atoms with Gasteiger partial charge in [-0.2, -0.15) is 13.2 Å². The summed E-state index contributed by atoms with van der Waals surface area (Å²) in [6.45, 7) is 5.88. The van der Waals surface area contributed by atoms with Gasteiger partial charge in [0.1, 0.15) is 0 Å². The molecule has 1 unspecified atom stereocenters. The van der Waals surface area contributed by atoms with Crippen molar-refractivity contribution in [2.75, 3.05) is 0 Å². The van der Waals surface area contributed by atoms with Gasteiger partial charge in [-0.3, -0.25) is 0 Å². The van der Waals surface area contributed by atoms with Crippen molar-refractivity contribution in [3.05, 3.63) is 34.9 Å². The lowest BCUT2D eigenvalue weighted by Gasteiger charge is -2.16. The van der Waals surface area contributed by atoms with Gasteiger partial charge in [-0.1, -0.05) is 26.3 Å². The molecule has 1 atom stereocenters. The van der Waals surface area contributed by atoms with Crippen LogP contribution < -0.4 is 0 Å². The molecule has 0 radical (unpaired) electrons. The van der Waals surface area contributed by atoms with Crippen LogP contribution in [0, 0.1) is 6.92 Å². The Kier molecular flexibility index (Phi) is 4.00. The minimum absolute atomic E-state index is 0.187. The summed E-state index contributed by atoms with van der Waals surface area (Å²) in [5, 5.41) is 0. The Balaban J connectivity index is 3.09. The Hall–Kier alpha value is -0.990. The molecule has 0 aliphatic carbocycles. The molecule has 0 aliphatic heterocycles. The maximum absolute atomic E-state index is 12.5. The molecular formula is C13H17F3. The van der Waals surface area contributed by atoms with E-state index in [0.29, 0.717) is 0 Å². The molecule has 16 heavy (non-hydrogen) atoms. The molecule has 0 spiro atoms. The van der Waals surface area contributed by atoms with Crippen molar-refractivity contribution in [2.45, 2.75) is 45.7 Å². The third kappa shape index (κ3) is 3.00. The number of halogens is 3. The third-order valence-corrected chi connectivity index (χ3v) is 2.86. The van der Waals surface area contributed by atoms with E-state index in [2.05, 4.69) is 0 Å². The number of rotatable bonds is 3. The predicted molar refractivity (Wildman–Crippen MR) is 59.5 cm³/mol. The summed E-state index contributed by atoms with van der Waals surface area (Å²) in [6, 6.07) is 4.00. The van der Waals surface area contributed by atoms with E-state index in [0.717, 1.165) is 30.0 Å². The van der Waals surface area contributed by atoms with E-state index >= 15 is 0 Å². The van der Waals surface area contributed by atoms with Gasteiger partial charge < -0.3 is 0 Å². The van der Waals surface area contributed by atoms with E-state index in [-0.39, 0.29) is 5.92 Å². The van der Waals surface area contributed by atoms with Crippen molar-refractivity contribution < 1.29 is 13.2 Å². The molecule has 3 heteroatoms. The standard InChI is InChI=1S/C13H17F3/c1-4-5-9(2)12-8-11(13(14,15)16)7-6-10(12)3/h6-9H,4-5H2,1-3H3. The summed E-state index contributed by atoms with van der Waals surface area (Å²) in [7, 11) is 0. The van der Waals surface area contributed by atoms with Gasteiger partial charge >= 0.3 is 6.18 Å². The van der Waals surface area contributed by atoms with Gasteiger partial charge in [0.2, 0.25) is 0 Å². The largest absolute Gasteiger partial charge is 0.416 e. The van der Waals surface area contributed by atoms with Gasteiger partial charge in [0.15, 0.2) is 0 Å². The second kappa shape index (κ2) is 4.89. The number of alkyl halides is 3. The fourth-order valence-electron chi connectivity index (χ4n) is 1.94. The van der Waals surface area contributed by atoms with Crippen LogP contribution in [-0.2, 0) is 6.18 Å². The zero-order chi connectivity index (χ0) is 12.3. The summed E-state index contributed by atoms with van der Waals surface area (Å²) in [6.07, 6.45) is -2.34. The average molecular weight is 230 g/mol. The smallest absolute Gasteiger partial charge is 0.166 e. The van der Waals surface area contributed by atoms with Crippen LogP contribution in [0.15, 0.2) is 18.2 Å². The molecule has 0 N–H and O–H groups in total. The first-order valence-electron chi connectivity index (χ1n) is 5.54. The lowest BCUT2D eigenvalue weighted by atomic mass is 9.91. The second-order valence-corrected chi connectivity index (χ2v) is 4.26. The van der Waals surface area contributed by atoms with Crippen LogP contribution in [0.5, 0.6) is 0 Å². The van der Waals surface area contributed by atoms with Gasteiger partial charge in [-0.05, 0) is 42.5 Å². The van der Waals surface area contributed by atoms with Crippen LogP contribution in [-0.4, -0.2) is 0 Å². The molecule has 1 rings (SSSR count). The number of benzene rings is 1. The second-order valence-electron chi connectivity index (χ2n) is 4.26. The molecule has 0 nitrogen and oxygen atoms in total. The van der Waals surface area contributed by atoms with Gasteiger partial charge in [-0.15, -0.1) is 0 Å². The molecule has 0 amide bonds. The number of hydrogen-bond acceptors (Lipinski definition) is 0. The number of hydrogen-bond donors (Lipinski definition) is 0. The monoisotopic (exact) mass is 230 g/mol. The van der Waals surface area contributed by atoms with E-state index in [1.165, 1.54) is 6.07 Å². The molecule has 1 aromatic carbocycles. The lowest BCUT2D eigenvalue weighted by molar-refractivity contribution is -0.137. The Bertz CT molecular complexity index is 353. The predicted octanol–water partition coefficient (Wildman–Crippen LogP) is 4.92. The maximum Gasteiger partial charge on any atom is 0.416 e. The minimum Gasteiger partial charge on any atom is -0.166 e. The van der Waals surface area contributed by atoms with Crippen LogP contribution in [0.25, 0.3) is 0 Å². The first-order valence-corrected chi connectivity index (χ1v) is 5.54. The zero-order valence-electron chi connectivity index (χ0n) is 9.86. The van der Waals surface area contributed by atoms with Gasteiger partial charge in [0, 0.05) is 0 Å². The Labute approximate surface area is 94.5 Å². The lowest BCUT2D eigenvalue weighted by Crippen LogP contribution is -2.07. The molecule has 0 aromatic heterocycles. The van der Waals surface area contributed by atoms with Crippen molar-refractivity contribution in [1.82, 2.24) is 0 Å². The normalized spacial score (nSPS) is 13.9. The van der Waals surface area contributed by atoms with Crippen LogP contribution >= 0.6 is 0 Å². The van der Waals surface area contributed by atoms with E-state index in [9.17, 15) is 13.2 Å². The highest BCUT2D eigenvalue weighted by atomic mass is 19.4. The summed E-state index contributed by atoms with van der Waals surface area (Å²) >= 11 is 0. The molecule has 0 aliphatic rings. The van der Waals surface area contributed by atoms with Crippen molar-refractivity contribution >= 4 is 0 Å². The van der Waals surface area contributed by atoms with Crippen LogP contribution in [0.3, 0.4) is 0 Å². The minimum atomic E-state index is -4.24. The van der Waals surface area contributed by atoms with Crippen molar-refractivity contribution in [3.8, 4) is 0 Å². The molecule has 0 saturated carbocycles. The fourth-order valence-corrected chi connectivity index (χ4v) is 1.94. The SMILES string of the molecule is CCCC(C)c1cc(C(F)(F)F)ccc1C. The Morgan fingerprint density at radius 1 is 1.25 bits per heavy atom. The molecule has 0 bridgehead atoms. The van der Waals surface area contributed by atoms with E-state index < -0.39 is 11.7 Å². The average Bonchev–Trinajstić information content (AvgIpc) is 2.16. The summed E-state index contributed by atoms with van der Waals surface area (Å²) < 4.78 is 37.6. The molecule has 0 heterocycles. The highest BCUT2D eigenvalue weighted by molar-refractivity contribution is 5.34. The van der Waals surface area contributed by atoms with E-state index in [1.807, 2.05) is 20.8 Å². The topological polar surface area (TPSA) is 0 Å². The molecular weight excluding hydrogens is 213 g/mol. The van der Waals surface area contributed by atoms with Gasteiger partial charge in [0.25, 0.3) is 0 Å². The van der Waals surface area contributed by atoms with Crippen molar-refractivity contribution in [1.29, 1.82) is 0 Å². The Morgan fingerprint density at radius 2 is 1.88 bits per heavy atom. The van der Waals surface area contributed by atoms with Crippen molar-refractivity contribution in [3.63, 3.8) is 0 Å². The molecule has 0 fully saturated rings. The molecule has 0 saturated heterocycles. The maximum atomic E-state index is 12.5.